The van der Waals surface area contributed by atoms with Crippen LogP contribution in [0.15, 0.2) is 25.1 Å². The van der Waals surface area contributed by atoms with Crippen LogP contribution in [0.4, 0.5) is 4.39 Å². The molecule has 0 amide bonds. The molecule has 0 aromatic rings. The summed E-state index contributed by atoms with van der Waals surface area (Å²) in [5, 5.41) is 0. The van der Waals surface area contributed by atoms with Gasteiger partial charge in [0.1, 0.15) is 0 Å². The maximum atomic E-state index is 11.3. The highest BCUT2D eigenvalue weighted by atomic mass is 19.1. The Hall–Kier alpha value is -1.45. The maximum absolute atomic E-state index is 11.3. The fraction of sp³-hybridized carbons (Fsp3) is 0.250. The Morgan fingerprint density at radius 3 is 2.42 bits per heavy atom. The van der Waals surface area contributed by atoms with Gasteiger partial charge in [0, 0.05) is 0 Å². The lowest BCUT2D eigenvalue weighted by atomic mass is 10.4. The molecule has 0 atom stereocenters. The quantitative estimate of drug-likeness (QED) is 0.366. The van der Waals surface area contributed by atoms with Crippen molar-refractivity contribution in [2.45, 2.75) is 12.8 Å². The van der Waals surface area contributed by atoms with E-state index in [2.05, 4.69) is 11.3 Å². The molecular weight excluding hydrogens is 163 g/mol. The SMILES string of the molecule is C=CCC(=O)OC(=O)CC=CF. The number of esters is 2. The van der Waals surface area contributed by atoms with Crippen molar-refractivity contribution in [3.63, 3.8) is 0 Å². The van der Waals surface area contributed by atoms with E-state index in [0.29, 0.717) is 0 Å². The van der Waals surface area contributed by atoms with E-state index in [1.54, 1.807) is 0 Å². The Morgan fingerprint density at radius 2 is 1.92 bits per heavy atom. The molecular formula is C8H9FO3. The zero-order valence-corrected chi connectivity index (χ0v) is 6.46. The fourth-order valence-corrected chi connectivity index (χ4v) is 0.469. The van der Waals surface area contributed by atoms with E-state index in [9.17, 15) is 14.0 Å². The van der Waals surface area contributed by atoms with Gasteiger partial charge < -0.3 is 4.74 Å². The largest absolute Gasteiger partial charge is 0.393 e. The topological polar surface area (TPSA) is 43.4 Å². The summed E-state index contributed by atoms with van der Waals surface area (Å²) in [4.78, 5) is 21.2. The molecule has 0 rings (SSSR count). The first-order chi connectivity index (χ1) is 5.70. The molecule has 0 saturated heterocycles. The molecule has 4 heteroatoms. The van der Waals surface area contributed by atoms with Gasteiger partial charge in [0.05, 0.1) is 19.2 Å². The van der Waals surface area contributed by atoms with Crippen molar-refractivity contribution in [1.29, 1.82) is 0 Å². The number of hydrogen-bond acceptors (Lipinski definition) is 3. The second-order valence-corrected chi connectivity index (χ2v) is 1.90. The highest BCUT2D eigenvalue weighted by Gasteiger charge is 2.05. The van der Waals surface area contributed by atoms with Gasteiger partial charge in [-0.1, -0.05) is 6.08 Å². The number of carbonyl (C=O) groups excluding carboxylic acids is 2. The van der Waals surface area contributed by atoms with Gasteiger partial charge in [0.2, 0.25) is 0 Å². The van der Waals surface area contributed by atoms with Gasteiger partial charge in [-0.3, -0.25) is 9.59 Å². The first kappa shape index (κ1) is 10.6. The molecule has 0 spiro atoms. The molecule has 0 aliphatic heterocycles. The molecule has 0 aliphatic rings. The van der Waals surface area contributed by atoms with Crippen molar-refractivity contribution >= 4 is 11.9 Å². The van der Waals surface area contributed by atoms with Crippen LogP contribution in [0.2, 0.25) is 0 Å². The third kappa shape index (κ3) is 5.34. The molecule has 0 aliphatic carbocycles. The number of hydrogen-bond donors (Lipinski definition) is 0. The van der Waals surface area contributed by atoms with Crippen LogP contribution in [-0.2, 0) is 14.3 Å². The van der Waals surface area contributed by atoms with Crippen LogP contribution in [-0.4, -0.2) is 11.9 Å². The van der Waals surface area contributed by atoms with Crippen LogP contribution in [0.1, 0.15) is 12.8 Å². The summed E-state index contributed by atoms with van der Waals surface area (Å²) in [6, 6.07) is 0. The maximum Gasteiger partial charge on any atom is 0.317 e. The van der Waals surface area contributed by atoms with Crippen molar-refractivity contribution in [3.05, 3.63) is 25.1 Å². The number of carbonyl (C=O) groups is 2. The van der Waals surface area contributed by atoms with E-state index in [1.165, 1.54) is 6.08 Å². The third-order valence-electron chi connectivity index (χ3n) is 0.912. The molecule has 3 nitrogen and oxygen atoms in total. The van der Waals surface area contributed by atoms with Crippen LogP contribution in [0.5, 0.6) is 0 Å². The van der Waals surface area contributed by atoms with E-state index in [0.717, 1.165) is 6.08 Å². The van der Waals surface area contributed by atoms with E-state index in [-0.39, 0.29) is 19.2 Å². The second-order valence-electron chi connectivity index (χ2n) is 1.90. The van der Waals surface area contributed by atoms with Crippen molar-refractivity contribution in [2.75, 3.05) is 0 Å². The van der Waals surface area contributed by atoms with Gasteiger partial charge in [-0.2, -0.15) is 0 Å². The molecule has 0 N–H and O–H groups in total. The standard InChI is InChI=1S/C8H9FO3/c1-2-4-7(10)12-8(11)5-3-6-9/h2-3,6H,1,4-5H2. The highest BCUT2D eigenvalue weighted by molar-refractivity contribution is 5.86. The summed E-state index contributed by atoms with van der Waals surface area (Å²) in [5.41, 5.74) is 0. The van der Waals surface area contributed by atoms with Gasteiger partial charge in [0.15, 0.2) is 0 Å². The minimum atomic E-state index is -0.768. The summed E-state index contributed by atoms with van der Waals surface area (Å²) in [6.07, 6.45) is 2.24. The van der Waals surface area contributed by atoms with Gasteiger partial charge in [0.25, 0.3) is 0 Å². The highest BCUT2D eigenvalue weighted by Crippen LogP contribution is 1.93. The number of ether oxygens (including phenoxy) is 1. The van der Waals surface area contributed by atoms with E-state index < -0.39 is 11.9 Å². The van der Waals surface area contributed by atoms with Gasteiger partial charge in [-0.15, -0.1) is 6.58 Å². The average molecular weight is 172 g/mol. The zero-order chi connectivity index (χ0) is 9.40. The first-order valence-electron chi connectivity index (χ1n) is 3.30. The predicted molar refractivity (Wildman–Crippen MR) is 40.8 cm³/mol. The molecule has 0 heterocycles. The minimum Gasteiger partial charge on any atom is -0.393 e. The molecule has 0 aromatic carbocycles. The van der Waals surface area contributed by atoms with Crippen LogP contribution < -0.4 is 0 Å². The lowest BCUT2D eigenvalue weighted by Crippen LogP contribution is -2.10. The normalized spacial score (nSPS) is 9.75. The Balaban J connectivity index is 3.68. The third-order valence-corrected chi connectivity index (χ3v) is 0.912. The number of halogens is 1. The monoisotopic (exact) mass is 172 g/mol. The summed E-state index contributed by atoms with van der Waals surface area (Å²) in [5.74, 6) is -1.45. The van der Waals surface area contributed by atoms with Crippen LogP contribution in [0.3, 0.4) is 0 Å². The first-order valence-corrected chi connectivity index (χ1v) is 3.30. The summed E-state index contributed by atoms with van der Waals surface area (Å²) < 4.78 is 15.6. The average Bonchev–Trinajstić information content (AvgIpc) is 2.01. The van der Waals surface area contributed by atoms with Crippen molar-refractivity contribution in [3.8, 4) is 0 Å². The Kier molecular flexibility index (Phi) is 5.51. The summed E-state index contributed by atoms with van der Waals surface area (Å²) >= 11 is 0. The van der Waals surface area contributed by atoms with Crippen LogP contribution >= 0.6 is 0 Å². The smallest absolute Gasteiger partial charge is 0.317 e. The van der Waals surface area contributed by atoms with Gasteiger partial charge >= 0.3 is 11.9 Å². The zero-order valence-electron chi connectivity index (χ0n) is 6.46. The lowest BCUT2D eigenvalue weighted by molar-refractivity contribution is -0.158. The summed E-state index contributed by atoms with van der Waals surface area (Å²) in [7, 11) is 0. The fourth-order valence-electron chi connectivity index (χ4n) is 0.469. The molecule has 0 unspecified atom stereocenters. The second kappa shape index (κ2) is 6.27. The van der Waals surface area contributed by atoms with Gasteiger partial charge in [-0.25, -0.2) is 4.39 Å². The van der Waals surface area contributed by atoms with Crippen LogP contribution in [0, 0.1) is 0 Å². The van der Waals surface area contributed by atoms with Crippen molar-refractivity contribution < 1.29 is 18.7 Å². The molecule has 0 radical (unpaired) electrons. The summed E-state index contributed by atoms with van der Waals surface area (Å²) in [6.45, 7) is 3.28. The Labute approximate surface area is 69.5 Å². The molecule has 0 bridgehead atoms. The molecule has 0 saturated carbocycles. The van der Waals surface area contributed by atoms with E-state index >= 15 is 0 Å². The van der Waals surface area contributed by atoms with Crippen molar-refractivity contribution in [2.24, 2.45) is 0 Å². The van der Waals surface area contributed by atoms with Gasteiger partial charge in [-0.05, 0) is 6.08 Å². The Morgan fingerprint density at radius 1 is 1.33 bits per heavy atom. The van der Waals surface area contributed by atoms with E-state index in [4.69, 9.17) is 0 Å². The van der Waals surface area contributed by atoms with E-state index in [1.807, 2.05) is 0 Å². The number of rotatable bonds is 4. The van der Waals surface area contributed by atoms with Crippen LogP contribution in [0.25, 0.3) is 0 Å². The molecule has 66 valence electrons. The molecule has 12 heavy (non-hydrogen) atoms. The predicted octanol–water partition coefficient (Wildman–Crippen LogP) is 1.51. The Bertz CT molecular complexity index is 208. The minimum absolute atomic E-state index is 0.0227. The molecule has 0 fully saturated rings. The van der Waals surface area contributed by atoms with Crippen molar-refractivity contribution in [1.82, 2.24) is 0 Å². The molecule has 0 aromatic heterocycles. The lowest BCUT2D eigenvalue weighted by Gasteiger charge is -1.96.